The van der Waals surface area contributed by atoms with E-state index in [0.717, 1.165) is 26.6 Å². The number of halogens is 1. The van der Waals surface area contributed by atoms with Gasteiger partial charge in [-0.25, -0.2) is 0 Å². The van der Waals surface area contributed by atoms with Crippen molar-refractivity contribution in [3.63, 3.8) is 0 Å². The van der Waals surface area contributed by atoms with Crippen LogP contribution in [0.25, 0.3) is 11.3 Å². The minimum absolute atomic E-state index is 0.000602. The minimum atomic E-state index is 0.000602. The third-order valence-electron chi connectivity index (χ3n) is 3.55. The molecule has 0 saturated heterocycles. The molecule has 1 aromatic carbocycles. The van der Waals surface area contributed by atoms with Gasteiger partial charge in [0.25, 0.3) is 0 Å². The van der Waals surface area contributed by atoms with Gasteiger partial charge < -0.3 is 14.6 Å². The van der Waals surface area contributed by atoms with E-state index in [1.165, 1.54) is 23.1 Å². The number of rotatable bonds is 7. The Bertz CT molecular complexity index is 879. The van der Waals surface area contributed by atoms with Crippen LogP contribution in [0.2, 0.25) is 5.02 Å². The summed E-state index contributed by atoms with van der Waals surface area (Å²) in [5.74, 6) is 1.78. The smallest absolute Gasteiger partial charge is 0.233 e. The molecule has 2 aromatic heterocycles. The van der Waals surface area contributed by atoms with Crippen molar-refractivity contribution in [2.24, 2.45) is 0 Å². The van der Waals surface area contributed by atoms with Crippen LogP contribution in [0.15, 0.2) is 45.2 Å². The highest BCUT2D eigenvalue weighted by Gasteiger charge is 2.14. The summed E-state index contributed by atoms with van der Waals surface area (Å²) in [6.45, 7) is 0.408. The van der Waals surface area contributed by atoms with E-state index in [1.54, 1.807) is 19.0 Å². The van der Waals surface area contributed by atoms with E-state index in [4.69, 9.17) is 16.0 Å². The predicted octanol–water partition coefficient (Wildman–Crippen LogP) is 4.24. The molecular formula is C17H17ClN4O2S2. The number of thioether (sulfide) groups is 1. The molecule has 1 amide bonds. The highest BCUT2D eigenvalue weighted by atomic mass is 35.5. The molecule has 1 N–H and O–H groups in total. The summed E-state index contributed by atoms with van der Waals surface area (Å²) in [7, 11) is 3.54. The fraction of sp³-hybridized carbons (Fsp3) is 0.235. The zero-order valence-electron chi connectivity index (χ0n) is 14.2. The van der Waals surface area contributed by atoms with Crippen LogP contribution in [0.1, 0.15) is 5.76 Å². The van der Waals surface area contributed by atoms with Gasteiger partial charge in [-0.2, -0.15) is 0 Å². The Balaban J connectivity index is 1.54. The number of furan rings is 1. The molecule has 6 nitrogen and oxygen atoms in total. The predicted molar refractivity (Wildman–Crippen MR) is 106 cm³/mol. The van der Waals surface area contributed by atoms with Gasteiger partial charge in [0.05, 0.1) is 12.3 Å². The maximum absolute atomic E-state index is 12.3. The largest absolute Gasteiger partial charge is 0.459 e. The van der Waals surface area contributed by atoms with Crippen LogP contribution >= 0.6 is 34.7 Å². The zero-order chi connectivity index (χ0) is 18.5. The first-order chi connectivity index (χ1) is 12.5. The molecule has 0 aliphatic heterocycles. The van der Waals surface area contributed by atoms with E-state index in [0.29, 0.717) is 17.3 Å². The quantitative estimate of drug-likeness (QED) is 0.589. The highest BCUT2D eigenvalue weighted by Crippen LogP contribution is 2.26. The Hall–Kier alpha value is -2.03. The summed E-state index contributed by atoms with van der Waals surface area (Å²) in [5, 5.41) is 12.3. The second kappa shape index (κ2) is 8.57. The fourth-order valence-electron chi connectivity index (χ4n) is 2.16. The molecule has 136 valence electrons. The number of anilines is 1. The summed E-state index contributed by atoms with van der Waals surface area (Å²) in [6, 6.07) is 11.2. The van der Waals surface area contributed by atoms with E-state index in [1.807, 2.05) is 36.4 Å². The first-order valence-corrected chi connectivity index (χ1v) is 9.96. The second-order valence-electron chi connectivity index (χ2n) is 5.43. The van der Waals surface area contributed by atoms with Crippen LogP contribution in [0.4, 0.5) is 5.13 Å². The summed E-state index contributed by atoms with van der Waals surface area (Å²) in [4.78, 5) is 13.9. The van der Waals surface area contributed by atoms with Crippen LogP contribution in [0, 0.1) is 0 Å². The number of carbonyl (C=O) groups excluding carboxylic acids is 1. The van der Waals surface area contributed by atoms with Crippen molar-refractivity contribution in [3.05, 3.63) is 47.2 Å². The minimum Gasteiger partial charge on any atom is -0.459 e. The number of aromatic nitrogens is 2. The van der Waals surface area contributed by atoms with Crippen molar-refractivity contribution in [2.75, 3.05) is 25.2 Å². The van der Waals surface area contributed by atoms with Crippen LogP contribution in [0.5, 0.6) is 0 Å². The third-order valence-corrected chi connectivity index (χ3v) is 5.86. The van der Waals surface area contributed by atoms with Crippen molar-refractivity contribution >= 4 is 45.7 Å². The van der Waals surface area contributed by atoms with Crippen molar-refractivity contribution in [2.45, 2.75) is 10.9 Å². The highest BCUT2D eigenvalue weighted by molar-refractivity contribution is 8.01. The Kier molecular flexibility index (Phi) is 6.18. The van der Waals surface area contributed by atoms with Gasteiger partial charge in [-0.05, 0) is 36.4 Å². The van der Waals surface area contributed by atoms with Crippen LogP contribution < -0.4 is 5.32 Å². The number of nitrogens with one attached hydrogen (secondary N) is 1. The van der Waals surface area contributed by atoms with Crippen molar-refractivity contribution < 1.29 is 9.21 Å². The summed E-state index contributed by atoms with van der Waals surface area (Å²) in [5.41, 5.74) is 0.946. The molecule has 9 heteroatoms. The molecule has 2 heterocycles. The lowest BCUT2D eigenvalue weighted by molar-refractivity contribution is -0.127. The normalized spacial score (nSPS) is 10.7. The van der Waals surface area contributed by atoms with Gasteiger partial charge in [-0.15, -0.1) is 10.2 Å². The molecule has 26 heavy (non-hydrogen) atoms. The van der Waals surface area contributed by atoms with Gasteiger partial charge >= 0.3 is 0 Å². The monoisotopic (exact) mass is 408 g/mol. The lowest BCUT2D eigenvalue weighted by Gasteiger charge is -2.14. The maximum atomic E-state index is 12.3. The van der Waals surface area contributed by atoms with Crippen molar-refractivity contribution in [1.29, 1.82) is 0 Å². The van der Waals surface area contributed by atoms with Gasteiger partial charge in [-0.3, -0.25) is 4.79 Å². The van der Waals surface area contributed by atoms with Gasteiger partial charge in [0.15, 0.2) is 4.34 Å². The average Bonchev–Trinajstić information content (AvgIpc) is 3.29. The van der Waals surface area contributed by atoms with Crippen LogP contribution in [-0.4, -0.2) is 40.9 Å². The molecule has 0 radical (unpaired) electrons. The lowest BCUT2D eigenvalue weighted by atomic mass is 10.2. The van der Waals surface area contributed by atoms with E-state index in [-0.39, 0.29) is 5.91 Å². The zero-order valence-corrected chi connectivity index (χ0v) is 16.6. The van der Waals surface area contributed by atoms with E-state index in [2.05, 4.69) is 15.5 Å². The Morgan fingerprint density at radius 1 is 1.27 bits per heavy atom. The molecule has 0 bridgehead atoms. The number of hydrogen-bond acceptors (Lipinski definition) is 7. The van der Waals surface area contributed by atoms with E-state index >= 15 is 0 Å². The van der Waals surface area contributed by atoms with Gasteiger partial charge in [0.2, 0.25) is 11.0 Å². The summed E-state index contributed by atoms with van der Waals surface area (Å²) in [6.07, 6.45) is 0. The molecule has 0 fully saturated rings. The Labute approximate surface area is 164 Å². The van der Waals surface area contributed by atoms with Gasteiger partial charge in [0.1, 0.15) is 11.5 Å². The molecule has 3 rings (SSSR count). The summed E-state index contributed by atoms with van der Waals surface area (Å²) >= 11 is 8.70. The molecule has 0 saturated carbocycles. The number of amides is 1. The topological polar surface area (TPSA) is 71.3 Å². The standard InChI is InChI=1S/C17H17ClN4O2S2/c1-19-16-20-21-17(26-16)25-10-15(23)22(2)9-13-7-8-14(24-13)11-3-5-12(18)6-4-11/h3-8H,9-10H2,1-2H3,(H,19,20). The summed E-state index contributed by atoms with van der Waals surface area (Å²) < 4.78 is 6.60. The molecule has 0 atom stereocenters. The maximum Gasteiger partial charge on any atom is 0.233 e. The SMILES string of the molecule is CNc1nnc(SCC(=O)N(C)Cc2ccc(-c3ccc(Cl)cc3)o2)s1. The van der Waals surface area contributed by atoms with Gasteiger partial charge in [0, 0.05) is 24.7 Å². The lowest BCUT2D eigenvalue weighted by Crippen LogP contribution is -2.27. The van der Waals surface area contributed by atoms with Crippen LogP contribution in [0.3, 0.4) is 0 Å². The molecule has 0 unspecified atom stereocenters. The van der Waals surface area contributed by atoms with Gasteiger partial charge in [-0.1, -0.05) is 34.7 Å². The van der Waals surface area contributed by atoms with Crippen molar-refractivity contribution in [1.82, 2.24) is 15.1 Å². The second-order valence-corrected chi connectivity index (χ2v) is 8.07. The van der Waals surface area contributed by atoms with E-state index in [9.17, 15) is 4.79 Å². The van der Waals surface area contributed by atoms with Crippen LogP contribution in [-0.2, 0) is 11.3 Å². The number of benzene rings is 1. The Morgan fingerprint density at radius 2 is 2.04 bits per heavy atom. The van der Waals surface area contributed by atoms with E-state index < -0.39 is 0 Å². The molecular weight excluding hydrogens is 392 g/mol. The molecule has 0 spiro atoms. The molecule has 3 aromatic rings. The Morgan fingerprint density at radius 3 is 2.73 bits per heavy atom. The average molecular weight is 409 g/mol. The third kappa shape index (κ3) is 4.78. The molecule has 0 aliphatic rings. The number of carbonyl (C=O) groups is 1. The number of hydrogen-bond donors (Lipinski definition) is 1. The first kappa shape index (κ1) is 18.8. The first-order valence-electron chi connectivity index (χ1n) is 7.78. The number of nitrogens with zero attached hydrogens (tertiary/aromatic N) is 3. The fourth-order valence-corrected chi connectivity index (χ4v) is 3.93. The molecule has 0 aliphatic carbocycles. The van der Waals surface area contributed by atoms with Crippen molar-refractivity contribution in [3.8, 4) is 11.3 Å².